The molecular weight excluding hydrogens is 350 g/mol. The summed E-state index contributed by atoms with van der Waals surface area (Å²) in [4.78, 5) is 11.8. The third-order valence-corrected chi connectivity index (χ3v) is 3.87. The fraction of sp³-hybridized carbons (Fsp3) is 0.217. The molecule has 2 aromatic carbocycles. The first-order valence-corrected chi connectivity index (χ1v) is 9.26. The first-order valence-electron chi connectivity index (χ1n) is 9.26. The van der Waals surface area contributed by atoms with Crippen LogP contribution in [0.2, 0.25) is 0 Å². The summed E-state index contributed by atoms with van der Waals surface area (Å²) >= 11 is 0. The Morgan fingerprint density at radius 3 is 2.36 bits per heavy atom. The highest BCUT2D eigenvalue weighted by atomic mass is 16.6. The van der Waals surface area contributed by atoms with E-state index in [0.29, 0.717) is 6.54 Å². The van der Waals surface area contributed by atoms with Crippen LogP contribution < -0.4 is 5.32 Å². The first kappa shape index (κ1) is 19.4. The Bertz CT molecular complexity index is 939. The number of benzene rings is 2. The molecule has 0 saturated carbocycles. The summed E-state index contributed by atoms with van der Waals surface area (Å²) in [6, 6.07) is 20.0. The number of hydrogen-bond acceptors (Lipinski definition) is 3. The second-order valence-electron chi connectivity index (χ2n) is 7.36. The molecule has 1 aromatic heterocycles. The van der Waals surface area contributed by atoms with E-state index in [-0.39, 0.29) is 0 Å². The Labute approximate surface area is 165 Å². The van der Waals surface area contributed by atoms with Crippen LogP contribution in [0.25, 0.3) is 23.0 Å². The van der Waals surface area contributed by atoms with Gasteiger partial charge in [0.25, 0.3) is 0 Å². The van der Waals surface area contributed by atoms with Crippen molar-refractivity contribution < 1.29 is 9.53 Å². The van der Waals surface area contributed by atoms with Gasteiger partial charge in [0.1, 0.15) is 5.60 Å². The fourth-order valence-electron chi connectivity index (χ4n) is 2.68. The molecule has 0 saturated heterocycles. The number of amides is 1. The zero-order valence-electron chi connectivity index (χ0n) is 16.4. The quantitative estimate of drug-likeness (QED) is 0.677. The minimum atomic E-state index is -0.509. The molecule has 5 heteroatoms. The molecule has 1 heterocycles. The highest BCUT2D eigenvalue weighted by Gasteiger charge is 2.15. The second kappa shape index (κ2) is 8.57. The predicted octanol–water partition coefficient (Wildman–Crippen LogP) is 5.08. The van der Waals surface area contributed by atoms with Gasteiger partial charge in [-0.1, -0.05) is 60.7 Å². The maximum Gasteiger partial charge on any atom is 0.407 e. The van der Waals surface area contributed by atoms with Crippen LogP contribution in [0.15, 0.2) is 72.9 Å². The molecule has 0 unspecified atom stereocenters. The Morgan fingerprint density at radius 2 is 1.71 bits per heavy atom. The van der Waals surface area contributed by atoms with Crippen LogP contribution in [-0.2, 0) is 4.74 Å². The summed E-state index contributed by atoms with van der Waals surface area (Å²) in [7, 11) is 0. The van der Waals surface area contributed by atoms with Gasteiger partial charge in [-0.05, 0) is 32.9 Å². The molecule has 0 aliphatic carbocycles. The fourth-order valence-corrected chi connectivity index (χ4v) is 2.68. The van der Waals surface area contributed by atoms with Gasteiger partial charge in [-0.15, -0.1) is 0 Å². The highest BCUT2D eigenvalue weighted by molar-refractivity contribution is 5.72. The molecule has 0 aliphatic rings. The number of ether oxygens (including phenoxy) is 1. The van der Waals surface area contributed by atoms with E-state index in [1.165, 1.54) is 0 Å². The smallest absolute Gasteiger partial charge is 0.407 e. The zero-order valence-corrected chi connectivity index (χ0v) is 16.4. The summed E-state index contributed by atoms with van der Waals surface area (Å²) in [6.45, 7) is 5.89. The molecule has 0 atom stereocenters. The molecule has 5 nitrogen and oxygen atoms in total. The number of aromatic nitrogens is 2. The summed E-state index contributed by atoms with van der Waals surface area (Å²) in [5.74, 6) is 0. The van der Waals surface area contributed by atoms with Gasteiger partial charge in [-0.3, -0.25) is 0 Å². The Balaban J connectivity index is 1.79. The number of nitrogens with zero attached hydrogens (tertiary/aromatic N) is 2. The van der Waals surface area contributed by atoms with Crippen LogP contribution in [0.5, 0.6) is 0 Å². The molecule has 144 valence electrons. The van der Waals surface area contributed by atoms with Crippen LogP contribution in [0.4, 0.5) is 4.79 Å². The van der Waals surface area contributed by atoms with Crippen molar-refractivity contribution in [2.75, 3.05) is 6.54 Å². The van der Waals surface area contributed by atoms with E-state index in [4.69, 9.17) is 9.84 Å². The molecule has 3 rings (SSSR count). The summed E-state index contributed by atoms with van der Waals surface area (Å²) in [5, 5.41) is 7.50. The standard InChI is InChI=1S/C23H25N3O2/c1-23(2,3)28-22(27)24-16-10-13-19-17-26(20-14-8-5-9-15-20)25-21(19)18-11-6-4-7-12-18/h4-15,17H,16H2,1-3H3,(H,24,27). The maximum atomic E-state index is 11.8. The molecule has 1 N–H and O–H groups in total. The van der Waals surface area contributed by atoms with Gasteiger partial charge in [0.15, 0.2) is 0 Å². The Morgan fingerprint density at radius 1 is 1.07 bits per heavy atom. The lowest BCUT2D eigenvalue weighted by molar-refractivity contribution is 0.0534. The van der Waals surface area contributed by atoms with Crippen molar-refractivity contribution in [2.45, 2.75) is 26.4 Å². The van der Waals surface area contributed by atoms with Gasteiger partial charge in [0.05, 0.1) is 11.4 Å². The average Bonchev–Trinajstić information content (AvgIpc) is 3.09. The van der Waals surface area contributed by atoms with Crippen LogP contribution in [0, 0.1) is 0 Å². The van der Waals surface area contributed by atoms with E-state index in [0.717, 1.165) is 22.5 Å². The molecule has 3 aromatic rings. The lowest BCUT2D eigenvalue weighted by Gasteiger charge is -2.19. The van der Waals surface area contributed by atoms with E-state index in [9.17, 15) is 4.79 Å². The number of carbonyl (C=O) groups is 1. The van der Waals surface area contributed by atoms with Gasteiger partial charge in [-0.2, -0.15) is 5.10 Å². The average molecular weight is 375 g/mol. The number of alkyl carbamates (subject to hydrolysis) is 1. The summed E-state index contributed by atoms with van der Waals surface area (Å²) < 4.78 is 7.11. The SMILES string of the molecule is CC(C)(C)OC(=O)NCC=Cc1cn(-c2ccccc2)nc1-c1ccccc1. The van der Waals surface area contributed by atoms with Gasteiger partial charge >= 0.3 is 6.09 Å². The first-order chi connectivity index (χ1) is 13.4. The van der Waals surface area contributed by atoms with Crippen molar-refractivity contribution >= 4 is 12.2 Å². The molecule has 0 bridgehead atoms. The van der Waals surface area contributed by atoms with Crippen molar-refractivity contribution in [1.82, 2.24) is 15.1 Å². The van der Waals surface area contributed by atoms with Crippen LogP contribution in [0.3, 0.4) is 0 Å². The number of rotatable bonds is 5. The van der Waals surface area contributed by atoms with Crippen molar-refractivity contribution in [3.63, 3.8) is 0 Å². The highest BCUT2D eigenvalue weighted by Crippen LogP contribution is 2.24. The zero-order chi connectivity index (χ0) is 20.0. The molecular formula is C23H25N3O2. The van der Waals surface area contributed by atoms with Crippen LogP contribution in [-0.4, -0.2) is 28.0 Å². The third kappa shape index (κ3) is 5.33. The molecule has 1 amide bonds. The monoisotopic (exact) mass is 375 g/mol. The normalized spacial score (nSPS) is 11.5. The lowest BCUT2D eigenvalue weighted by atomic mass is 10.1. The topological polar surface area (TPSA) is 56.1 Å². The molecule has 0 fully saturated rings. The molecule has 0 aliphatic heterocycles. The number of nitrogens with one attached hydrogen (secondary N) is 1. The number of carbonyl (C=O) groups excluding carboxylic acids is 1. The van der Waals surface area contributed by atoms with Crippen molar-refractivity contribution in [1.29, 1.82) is 0 Å². The predicted molar refractivity (Wildman–Crippen MR) is 112 cm³/mol. The molecule has 0 radical (unpaired) electrons. The van der Waals surface area contributed by atoms with Gasteiger partial charge in [-0.25, -0.2) is 9.48 Å². The largest absolute Gasteiger partial charge is 0.444 e. The van der Waals surface area contributed by atoms with Crippen LogP contribution >= 0.6 is 0 Å². The third-order valence-electron chi connectivity index (χ3n) is 3.87. The van der Waals surface area contributed by atoms with Crippen molar-refractivity contribution in [2.24, 2.45) is 0 Å². The summed E-state index contributed by atoms with van der Waals surface area (Å²) in [5.41, 5.74) is 3.38. The van der Waals surface area contributed by atoms with Gasteiger partial charge in [0.2, 0.25) is 0 Å². The Hall–Kier alpha value is -3.34. The maximum absolute atomic E-state index is 11.8. The van der Waals surface area contributed by atoms with Gasteiger partial charge < -0.3 is 10.1 Å². The van der Waals surface area contributed by atoms with Gasteiger partial charge in [0, 0.05) is 23.9 Å². The van der Waals surface area contributed by atoms with E-state index >= 15 is 0 Å². The number of hydrogen-bond donors (Lipinski definition) is 1. The second-order valence-corrected chi connectivity index (χ2v) is 7.36. The van der Waals surface area contributed by atoms with E-state index in [1.807, 2.05) is 104 Å². The van der Waals surface area contributed by atoms with E-state index in [2.05, 4.69) is 5.32 Å². The molecule has 28 heavy (non-hydrogen) atoms. The molecule has 0 spiro atoms. The van der Waals surface area contributed by atoms with E-state index < -0.39 is 11.7 Å². The number of para-hydroxylation sites is 1. The Kier molecular flexibility index (Phi) is 5.94. The minimum Gasteiger partial charge on any atom is -0.444 e. The lowest BCUT2D eigenvalue weighted by Crippen LogP contribution is -2.32. The van der Waals surface area contributed by atoms with Crippen molar-refractivity contribution in [3.05, 3.63) is 78.5 Å². The van der Waals surface area contributed by atoms with Crippen molar-refractivity contribution in [3.8, 4) is 16.9 Å². The van der Waals surface area contributed by atoms with E-state index in [1.54, 1.807) is 0 Å². The minimum absolute atomic E-state index is 0.375. The van der Waals surface area contributed by atoms with Crippen LogP contribution in [0.1, 0.15) is 26.3 Å². The summed E-state index contributed by atoms with van der Waals surface area (Å²) in [6.07, 6.45) is 5.41.